The van der Waals surface area contributed by atoms with Gasteiger partial charge in [-0.2, -0.15) is 0 Å². The summed E-state index contributed by atoms with van der Waals surface area (Å²) < 4.78 is 6.24. The van der Waals surface area contributed by atoms with Crippen LogP contribution in [-0.2, 0) is 0 Å². The molecule has 0 unspecified atom stereocenters. The maximum Gasteiger partial charge on any atom is 0.164 e. The van der Waals surface area contributed by atoms with Gasteiger partial charge in [0.1, 0.15) is 11.2 Å². The number of rotatable bonds is 5. The van der Waals surface area contributed by atoms with Crippen molar-refractivity contribution in [1.82, 2.24) is 15.0 Å². The topological polar surface area (TPSA) is 51.8 Å². The minimum atomic E-state index is 0.630. The number of fused-ring (bicyclic) bond motifs is 7. The lowest BCUT2D eigenvalue weighted by Crippen LogP contribution is -2.00. The van der Waals surface area contributed by atoms with Crippen LogP contribution in [-0.4, -0.2) is 15.0 Å². The fourth-order valence-electron chi connectivity index (χ4n) is 8.80. The predicted molar refractivity (Wildman–Crippen MR) is 234 cm³/mol. The van der Waals surface area contributed by atoms with E-state index in [2.05, 4.69) is 140 Å². The summed E-state index contributed by atoms with van der Waals surface area (Å²) in [7, 11) is 0. The average molecular weight is 726 g/mol. The second-order valence-electron chi connectivity index (χ2n) is 14.7. The number of para-hydroxylation sites is 1. The predicted octanol–water partition coefficient (Wildman–Crippen LogP) is 14.1. The normalized spacial score (nSPS) is 11.9. The number of benzene rings is 9. The van der Waals surface area contributed by atoms with Gasteiger partial charge in [-0.3, -0.25) is 0 Å². The molecule has 0 N–H and O–H groups in total. The lowest BCUT2D eigenvalue weighted by molar-refractivity contribution is 0.669. The molecule has 4 nitrogen and oxygen atoms in total. The van der Waals surface area contributed by atoms with Crippen molar-refractivity contribution in [2.24, 2.45) is 0 Å². The van der Waals surface area contributed by atoms with Crippen LogP contribution in [0.4, 0.5) is 0 Å². The Morgan fingerprint density at radius 1 is 0.281 bits per heavy atom. The van der Waals surface area contributed by atoms with E-state index in [-0.39, 0.29) is 0 Å². The highest BCUT2D eigenvalue weighted by molar-refractivity contribution is 6.17. The molecular formula is C53H31N3O. The molecule has 12 rings (SSSR count). The third-order valence-electron chi connectivity index (χ3n) is 11.5. The van der Waals surface area contributed by atoms with Crippen LogP contribution >= 0.6 is 0 Å². The molecule has 1 aliphatic carbocycles. The Hall–Kier alpha value is -7.69. The first kappa shape index (κ1) is 31.6. The van der Waals surface area contributed by atoms with Crippen LogP contribution in [0.3, 0.4) is 0 Å². The molecule has 4 heteroatoms. The number of nitrogens with zero attached hydrogens (tertiary/aromatic N) is 3. The van der Waals surface area contributed by atoms with Crippen LogP contribution < -0.4 is 0 Å². The van der Waals surface area contributed by atoms with Gasteiger partial charge >= 0.3 is 0 Å². The molecule has 0 saturated carbocycles. The third-order valence-corrected chi connectivity index (χ3v) is 11.5. The first-order valence-electron chi connectivity index (χ1n) is 19.3. The van der Waals surface area contributed by atoms with Gasteiger partial charge in [0.2, 0.25) is 0 Å². The maximum absolute atomic E-state index is 6.24. The van der Waals surface area contributed by atoms with Gasteiger partial charge in [0.15, 0.2) is 17.5 Å². The molecule has 0 radical (unpaired) electrons. The van der Waals surface area contributed by atoms with Crippen molar-refractivity contribution < 1.29 is 4.42 Å². The number of furan rings is 1. The van der Waals surface area contributed by atoms with E-state index in [1.54, 1.807) is 0 Å². The van der Waals surface area contributed by atoms with Crippen LogP contribution in [0.25, 0.3) is 122 Å². The highest BCUT2D eigenvalue weighted by Crippen LogP contribution is 2.48. The van der Waals surface area contributed by atoms with E-state index >= 15 is 0 Å². The van der Waals surface area contributed by atoms with Gasteiger partial charge in [0, 0.05) is 27.5 Å². The standard InChI is InChI=1S/C53H31N3O/c1-2-11-33(12-3-1)51-54-52(34-25-23-32(24-26-34)38-30-36-14-9-19-43-41-15-4-5-16-42(41)46(31-38)49(36)43)56-53(55-51)37-27-28-39-35(29-37)13-8-18-40(39)44-20-10-22-48-50(44)45-17-6-7-21-47(45)57-48/h1-31H. The first-order chi connectivity index (χ1) is 28.2. The van der Waals surface area contributed by atoms with Crippen molar-refractivity contribution in [3.8, 4) is 78.7 Å². The number of hydrogen-bond donors (Lipinski definition) is 0. The molecule has 2 heterocycles. The molecule has 0 amide bonds. The zero-order chi connectivity index (χ0) is 37.5. The molecule has 1 aliphatic rings. The van der Waals surface area contributed by atoms with Crippen LogP contribution in [0.5, 0.6) is 0 Å². The second-order valence-corrected chi connectivity index (χ2v) is 14.7. The second kappa shape index (κ2) is 12.4. The average Bonchev–Trinajstić information content (AvgIpc) is 3.83. The van der Waals surface area contributed by atoms with Crippen LogP contribution in [0.2, 0.25) is 0 Å². The van der Waals surface area contributed by atoms with Crippen molar-refractivity contribution in [2.75, 3.05) is 0 Å². The molecule has 0 spiro atoms. The van der Waals surface area contributed by atoms with Crippen LogP contribution in [0, 0.1) is 0 Å². The summed E-state index contributed by atoms with van der Waals surface area (Å²) in [5.74, 6) is 1.90. The van der Waals surface area contributed by atoms with Crippen LogP contribution in [0.15, 0.2) is 192 Å². The van der Waals surface area contributed by atoms with E-state index in [0.717, 1.165) is 66.1 Å². The number of aromatic nitrogens is 3. The van der Waals surface area contributed by atoms with Crippen molar-refractivity contribution in [1.29, 1.82) is 0 Å². The zero-order valence-corrected chi connectivity index (χ0v) is 30.6. The zero-order valence-electron chi connectivity index (χ0n) is 30.6. The van der Waals surface area contributed by atoms with Gasteiger partial charge in [0.05, 0.1) is 0 Å². The van der Waals surface area contributed by atoms with Gasteiger partial charge in [-0.1, -0.05) is 158 Å². The first-order valence-corrected chi connectivity index (χ1v) is 19.3. The monoisotopic (exact) mass is 725 g/mol. The molecule has 0 bridgehead atoms. The van der Waals surface area contributed by atoms with E-state index < -0.39 is 0 Å². The summed E-state index contributed by atoms with van der Waals surface area (Å²) in [5, 5.41) is 7.09. The van der Waals surface area contributed by atoms with E-state index in [1.807, 2.05) is 48.5 Å². The fraction of sp³-hybridized carbons (Fsp3) is 0. The van der Waals surface area contributed by atoms with Crippen molar-refractivity contribution in [3.63, 3.8) is 0 Å². The summed E-state index contributed by atoms with van der Waals surface area (Å²) in [5.41, 5.74) is 14.4. The molecule has 11 aromatic rings. The number of hydrogen-bond acceptors (Lipinski definition) is 4. The fourth-order valence-corrected chi connectivity index (χ4v) is 8.80. The third kappa shape index (κ3) is 5.04. The highest BCUT2D eigenvalue weighted by Gasteiger charge is 2.22. The SMILES string of the molecule is c1ccc(-c2nc(-c3ccc(-c4cc5c6c(cccc6c4)-c4ccccc4-5)cc3)nc(-c3ccc4c(-c5cccc6oc7ccccc7c56)cccc4c3)n2)cc1. The Morgan fingerprint density at radius 2 is 0.825 bits per heavy atom. The van der Waals surface area contributed by atoms with Gasteiger partial charge in [-0.15, -0.1) is 0 Å². The van der Waals surface area contributed by atoms with E-state index in [9.17, 15) is 0 Å². The van der Waals surface area contributed by atoms with Crippen molar-refractivity contribution >= 4 is 43.5 Å². The highest BCUT2D eigenvalue weighted by atomic mass is 16.3. The minimum Gasteiger partial charge on any atom is -0.456 e. The molecule has 9 aromatic carbocycles. The van der Waals surface area contributed by atoms with Crippen molar-refractivity contribution in [3.05, 3.63) is 188 Å². The Labute approximate surface area is 328 Å². The molecule has 0 saturated heterocycles. The van der Waals surface area contributed by atoms with E-state index in [0.29, 0.717) is 17.5 Å². The quantitative estimate of drug-likeness (QED) is 0.177. The summed E-state index contributed by atoms with van der Waals surface area (Å²) >= 11 is 0. The van der Waals surface area contributed by atoms with Crippen molar-refractivity contribution in [2.45, 2.75) is 0 Å². The van der Waals surface area contributed by atoms with Gasteiger partial charge in [-0.25, -0.2) is 15.0 Å². The van der Waals surface area contributed by atoms with Crippen LogP contribution in [0.1, 0.15) is 0 Å². The largest absolute Gasteiger partial charge is 0.456 e. The summed E-state index contributed by atoms with van der Waals surface area (Å²) in [6.07, 6.45) is 0. The Bertz CT molecular complexity index is 3400. The molecule has 264 valence electrons. The molecule has 0 aliphatic heterocycles. The summed E-state index contributed by atoms with van der Waals surface area (Å²) in [6.45, 7) is 0. The lowest BCUT2D eigenvalue weighted by Gasteiger charge is -2.12. The molecular weight excluding hydrogens is 695 g/mol. The Morgan fingerprint density at radius 3 is 1.63 bits per heavy atom. The molecule has 57 heavy (non-hydrogen) atoms. The van der Waals surface area contributed by atoms with Gasteiger partial charge < -0.3 is 4.42 Å². The Balaban J connectivity index is 0.954. The Kier molecular flexibility index (Phi) is 6.89. The minimum absolute atomic E-state index is 0.630. The molecule has 0 atom stereocenters. The molecule has 0 fully saturated rings. The van der Waals surface area contributed by atoms with E-state index in [4.69, 9.17) is 19.4 Å². The maximum atomic E-state index is 6.24. The van der Waals surface area contributed by atoms with E-state index in [1.165, 1.54) is 38.6 Å². The summed E-state index contributed by atoms with van der Waals surface area (Å²) in [6, 6.07) is 66.3. The molecule has 2 aromatic heterocycles. The van der Waals surface area contributed by atoms with Gasteiger partial charge in [-0.05, 0) is 96.4 Å². The lowest BCUT2D eigenvalue weighted by atomic mass is 9.94. The smallest absolute Gasteiger partial charge is 0.164 e. The van der Waals surface area contributed by atoms with Gasteiger partial charge in [0.25, 0.3) is 0 Å². The summed E-state index contributed by atoms with van der Waals surface area (Å²) in [4.78, 5) is 15.2.